The van der Waals surface area contributed by atoms with Crippen molar-refractivity contribution in [2.24, 2.45) is 0 Å². The Morgan fingerprint density at radius 3 is 2.14 bits per heavy atom. The molecular formula is C29H27N5O. The van der Waals surface area contributed by atoms with Gasteiger partial charge in [-0.2, -0.15) is 10.2 Å². The minimum atomic E-state index is -0.142. The largest absolute Gasteiger partial charge is 0.348 e. The van der Waals surface area contributed by atoms with Crippen LogP contribution in [0.15, 0.2) is 97.2 Å². The second-order valence-electron chi connectivity index (χ2n) is 8.53. The Hall–Kier alpha value is -4.45. The average Bonchev–Trinajstić information content (AvgIpc) is 3.43. The average molecular weight is 462 g/mol. The Bertz CT molecular complexity index is 1440. The Balaban J connectivity index is 1.40. The van der Waals surface area contributed by atoms with Crippen molar-refractivity contribution in [3.05, 3.63) is 125 Å². The van der Waals surface area contributed by atoms with Gasteiger partial charge in [0, 0.05) is 23.9 Å². The van der Waals surface area contributed by atoms with Gasteiger partial charge in [-0.3, -0.25) is 9.48 Å². The summed E-state index contributed by atoms with van der Waals surface area (Å²) in [4.78, 5) is 13.3. The molecule has 0 unspecified atom stereocenters. The number of aromatic nitrogens is 4. The van der Waals surface area contributed by atoms with Crippen LogP contribution in [-0.2, 0) is 13.1 Å². The third-order valence-electron chi connectivity index (χ3n) is 6.03. The number of hydrogen-bond donors (Lipinski definition) is 1. The first-order chi connectivity index (χ1) is 17.1. The number of benzene rings is 3. The molecule has 0 radical (unpaired) electrons. The van der Waals surface area contributed by atoms with Gasteiger partial charge in [0.1, 0.15) is 0 Å². The highest BCUT2D eigenvalue weighted by molar-refractivity contribution is 5.96. The standard InChI is InChI=1S/C29H27N5O/c1-21-27(22(2)34(31-21)26-16-10-5-11-17-26)29(35)30-18-25-20-33(19-23-12-6-3-7-13-23)32-28(25)24-14-8-4-9-15-24/h3-17,20H,18-19H2,1-2H3,(H,30,35). The molecule has 0 aliphatic rings. The Labute approximate surface area is 204 Å². The maximum absolute atomic E-state index is 13.3. The lowest BCUT2D eigenvalue weighted by Crippen LogP contribution is -2.24. The van der Waals surface area contributed by atoms with E-state index in [9.17, 15) is 4.79 Å². The van der Waals surface area contributed by atoms with Crippen molar-refractivity contribution < 1.29 is 4.79 Å². The molecule has 0 spiro atoms. The van der Waals surface area contributed by atoms with Crippen molar-refractivity contribution in [1.29, 1.82) is 0 Å². The molecule has 0 aliphatic carbocycles. The van der Waals surface area contributed by atoms with Crippen LogP contribution < -0.4 is 5.32 Å². The molecule has 1 amide bonds. The minimum Gasteiger partial charge on any atom is -0.348 e. The monoisotopic (exact) mass is 461 g/mol. The molecule has 174 valence electrons. The van der Waals surface area contributed by atoms with Gasteiger partial charge < -0.3 is 5.32 Å². The topological polar surface area (TPSA) is 64.7 Å². The lowest BCUT2D eigenvalue weighted by Gasteiger charge is -2.07. The summed E-state index contributed by atoms with van der Waals surface area (Å²) < 4.78 is 3.75. The minimum absolute atomic E-state index is 0.142. The van der Waals surface area contributed by atoms with E-state index in [1.807, 2.05) is 108 Å². The fraction of sp³-hybridized carbons (Fsp3) is 0.138. The molecule has 6 heteroatoms. The fourth-order valence-corrected chi connectivity index (χ4v) is 4.34. The Kier molecular flexibility index (Phi) is 6.26. The van der Waals surface area contributed by atoms with Crippen LogP contribution in [0, 0.1) is 13.8 Å². The Morgan fingerprint density at radius 1 is 0.829 bits per heavy atom. The zero-order valence-corrected chi connectivity index (χ0v) is 19.8. The summed E-state index contributed by atoms with van der Waals surface area (Å²) in [5, 5.41) is 12.6. The molecule has 35 heavy (non-hydrogen) atoms. The normalized spacial score (nSPS) is 10.9. The SMILES string of the molecule is Cc1nn(-c2ccccc2)c(C)c1C(=O)NCc1cn(Cc2ccccc2)nc1-c1ccccc1. The van der Waals surface area contributed by atoms with Gasteiger partial charge in [0.15, 0.2) is 0 Å². The van der Waals surface area contributed by atoms with Crippen molar-refractivity contribution in [3.8, 4) is 16.9 Å². The van der Waals surface area contributed by atoms with Crippen molar-refractivity contribution in [2.75, 3.05) is 0 Å². The fourth-order valence-electron chi connectivity index (χ4n) is 4.34. The molecule has 2 heterocycles. The molecule has 0 saturated carbocycles. The second kappa shape index (κ2) is 9.81. The predicted octanol–water partition coefficient (Wildman–Crippen LogP) is 5.33. The number of carbonyl (C=O) groups is 1. The van der Waals surface area contributed by atoms with E-state index < -0.39 is 0 Å². The quantitative estimate of drug-likeness (QED) is 0.356. The molecule has 0 aliphatic heterocycles. The molecule has 5 rings (SSSR count). The number of para-hydroxylation sites is 1. The molecule has 0 saturated heterocycles. The summed E-state index contributed by atoms with van der Waals surface area (Å²) in [6, 6.07) is 30.1. The first kappa shape index (κ1) is 22.3. The van der Waals surface area contributed by atoms with Crippen LogP contribution in [0.3, 0.4) is 0 Å². The summed E-state index contributed by atoms with van der Waals surface area (Å²) in [6.45, 7) is 4.83. The van der Waals surface area contributed by atoms with Crippen molar-refractivity contribution in [3.63, 3.8) is 0 Å². The maximum atomic E-state index is 13.3. The van der Waals surface area contributed by atoms with E-state index in [-0.39, 0.29) is 5.91 Å². The van der Waals surface area contributed by atoms with Crippen LogP contribution in [-0.4, -0.2) is 25.5 Å². The van der Waals surface area contributed by atoms with Crippen LogP contribution in [0.2, 0.25) is 0 Å². The highest BCUT2D eigenvalue weighted by Gasteiger charge is 2.20. The van der Waals surface area contributed by atoms with Gasteiger partial charge >= 0.3 is 0 Å². The van der Waals surface area contributed by atoms with Crippen molar-refractivity contribution in [2.45, 2.75) is 26.9 Å². The third-order valence-corrected chi connectivity index (χ3v) is 6.03. The molecule has 0 fully saturated rings. The zero-order valence-electron chi connectivity index (χ0n) is 19.8. The van der Waals surface area contributed by atoms with E-state index in [1.54, 1.807) is 0 Å². The molecule has 3 aromatic carbocycles. The van der Waals surface area contributed by atoms with Crippen LogP contribution in [0.25, 0.3) is 16.9 Å². The molecule has 0 bridgehead atoms. The predicted molar refractivity (Wildman–Crippen MR) is 137 cm³/mol. The first-order valence-corrected chi connectivity index (χ1v) is 11.7. The van der Waals surface area contributed by atoms with Crippen LogP contribution in [0.5, 0.6) is 0 Å². The molecule has 1 N–H and O–H groups in total. The molecule has 2 aromatic heterocycles. The summed E-state index contributed by atoms with van der Waals surface area (Å²) in [5.41, 5.74) is 7.08. The van der Waals surface area contributed by atoms with E-state index in [4.69, 9.17) is 5.10 Å². The van der Waals surface area contributed by atoms with E-state index in [1.165, 1.54) is 5.56 Å². The van der Waals surface area contributed by atoms with Crippen LogP contribution in [0.1, 0.15) is 32.9 Å². The van der Waals surface area contributed by atoms with Crippen molar-refractivity contribution >= 4 is 5.91 Å². The summed E-state index contributed by atoms with van der Waals surface area (Å²) >= 11 is 0. The van der Waals surface area contributed by atoms with Gasteiger partial charge in [-0.15, -0.1) is 0 Å². The van der Waals surface area contributed by atoms with Crippen LogP contribution in [0.4, 0.5) is 0 Å². The number of aryl methyl sites for hydroxylation is 1. The lowest BCUT2D eigenvalue weighted by atomic mass is 10.1. The first-order valence-electron chi connectivity index (χ1n) is 11.7. The van der Waals surface area contributed by atoms with E-state index >= 15 is 0 Å². The number of hydrogen-bond acceptors (Lipinski definition) is 3. The van der Waals surface area contributed by atoms with Crippen LogP contribution >= 0.6 is 0 Å². The molecular weight excluding hydrogens is 434 g/mol. The van der Waals surface area contributed by atoms with Gasteiger partial charge in [-0.05, 0) is 31.5 Å². The summed E-state index contributed by atoms with van der Waals surface area (Å²) in [6.07, 6.45) is 2.02. The summed E-state index contributed by atoms with van der Waals surface area (Å²) in [5.74, 6) is -0.142. The number of carbonyl (C=O) groups excluding carboxylic acids is 1. The second-order valence-corrected chi connectivity index (χ2v) is 8.53. The van der Waals surface area contributed by atoms with Gasteiger partial charge in [0.05, 0.1) is 34.9 Å². The number of nitrogens with one attached hydrogen (secondary N) is 1. The van der Waals surface area contributed by atoms with E-state index in [0.717, 1.165) is 28.2 Å². The zero-order chi connectivity index (χ0) is 24.2. The highest BCUT2D eigenvalue weighted by atomic mass is 16.1. The van der Waals surface area contributed by atoms with E-state index in [2.05, 4.69) is 22.5 Å². The van der Waals surface area contributed by atoms with Crippen molar-refractivity contribution in [1.82, 2.24) is 24.9 Å². The van der Waals surface area contributed by atoms with E-state index in [0.29, 0.717) is 24.3 Å². The lowest BCUT2D eigenvalue weighted by molar-refractivity contribution is 0.0949. The van der Waals surface area contributed by atoms with Gasteiger partial charge in [-0.25, -0.2) is 4.68 Å². The summed E-state index contributed by atoms with van der Waals surface area (Å²) in [7, 11) is 0. The smallest absolute Gasteiger partial charge is 0.255 e. The van der Waals surface area contributed by atoms with Gasteiger partial charge in [0.25, 0.3) is 5.91 Å². The number of amides is 1. The maximum Gasteiger partial charge on any atom is 0.255 e. The Morgan fingerprint density at radius 2 is 1.46 bits per heavy atom. The third kappa shape index (κ3) is 4.77. The number of nitrogens with zero attached hydrogens (tertiary/aromatic N) is 4. The molecule has 6 nitrogen and oxygen atoms in total. The van der Waals surface area contributed by atoms with Gasteiger partial charge in [0.2, 0.25) is 0 Å². The van der Waals surface area contributed by atoms with Gasteiger partial charge in [-0.1, -0.05) is 78.9 Å². The number of rotatable bonds is 7. The molecule has 0 atom stereocenters. The highest BCUT2D eigenvalue weighted by Crippen LogP contribution is 2.23. The molecule has 5 aromatic rings.